The van der Waals surface area contributed by atoms with E-state index >= 15 is 0 Å². The molecule has 2 heterocycles. The predicted molar refractivity (Wildman–Crippen MR) is 74.2 cm³/mol. The minimum Gasteiger partial charge on any atom is -0.469 e. The fourth-order valence-corrected chi connectivity index (χ4v) is 2.22. The monoisotopic (exact) mass is 294 g/mol. The van der Waals surface area contributed by atoms with Crippen molar-refractivity contribution in [3.63, 3.8) is 0 Å². The average Bonchev–Trinajstić information content (AvgIpc) is 2.54. The summed E-state index contributed by atoms with van der Waals surface area (Å²) in [6.45, 7) is 1.52. The van der Waals surface area contributed by atoms with Crippen molar-refractivity contribution in [2.45, 2.75) is 12.5 Å². The van der Waals surface area contributed by atoms with Crippen LogP contribution in [0.5, 0.6) is 0 Å². The van der Waals surface area contributed by atoms with Gasteiger partial charge in [-0.15, -0.1) is 0 Å². The first-order valence-corrected chi connectivity index (χ1v) is 6.62. The summed E-state index contributed by atoms with van der Waals surface area (Å²) >= 11 is 0. The van der Waals surface area contributed by atoms with E-state index in [1.54, 1.807) is 18.3 Å². The molecule has 0 aliphatic carbocycles. The number of carbonyl (C=O) groups is 2. The van der Waals surface area contributed by atoms with Crippen LogP contribution in [0, 0.1) is 0 Å². The molecule has 1 atom stereocenters. The summed E-state index contributed by atoms with van der Waals surface area (Å²) < 4.78 is 15.0. The van der Waals surface area contributed by atoms with E-state index in [4.69, 9.17) is 9.47 Å². The molecule has 1 unspecified atom stereocenters. The predicted octanol–water partition coefficient (Wildman–Crippen LogP) is 0.636. The third-order valence-electron chi connectivity index (χ3n) is 3.25. The minimum absolute atomic E-state index is 0.174. The van der Waals surface area contributed by atoms with E-state index in [1.165, 1.54) is 14.2 Å². The van der Waals surface area contributed by atoms with Crippen molar-refractivity contribution < 1.29 is 23.8 Å². The van der Waals surface area contributed by atoms with Gasteiger partial charge in [0.05, 0.1) is 33.4 Å². The van der Waals surface area contributed by atoms with Crippen molar-refractivity contribution in [1.29, 1.82) is 0 Å². The molecule has 1 fully saturated rings. The molecule has 0 saturated carbocycles. The van der Waals surface area contributed by atoms with Crippen LogP contribution in [0.2, 0.25) is 0 Å². The Morgan fingerprint density at radius 1 is 1.43 bits per heavy atom. The normalized spacial score (nSPS) is 18.2. The van der Waals surface area contributed by atoms with Gasteiger partial charge in [0.15, 0.2) is 0 Å². The summed E-state index contributed by atoms with van der Waals surface area (Å²) in [5.41, 5.74) is 0.402. The number of pyridine rings is 1. The van der Waals surface area contributed by atoms with E-state index < -0.39 is 5.97 Å². The van der Waals surface area contributed by atoms with Gasteiger partial charge < -0.3 is 19.1 Å². The Bertz CT molecular complexity index is 520. The molecule has 114 valence electrons. The molecule has 2 rings (SSSR count). The van der Waals surface area contributed by atoms with Gasteiger partial charge in [0.25, 0.3) is 0 Å². The van der Waals surface area contributed by atoms with Crippen LogP contribution in [0.15, 0.2) is 18.3 Å². The van der Waals surface area contributed by atoms with Crippen molar-refractivity contribution in [3.8, 4) is 0 Å². The summed E-state index contributed by atoms with van der Waals surface area (Å²) in [5, 5.41) is 0. The highest BCUT2D eigenvalue weighted by atomic mass is 16.5. The molecule has 1 aromatic rings. The minimum atomic E-state index is -0.436. The molecule has 0 N–H and O–H groups in total. The van der Waals surface area contributed by atoms with Crippen LogP contribution in [0.3, 0.4) is 0 Å². The molecule has 1 aliphatic rings. The van der Waals surface area contributed by atoms with Gasteiger partial charge in [0.1, 0.15) is 11.4 Å². The van der Waals surface area contributed by atoms with E-state index in [2.05, 4.69) is 9.72 Å². The van der Waals surface area contributed by atoms with E-state index in [1.807, 2.05) is 4.90 Å². The number of hydrogen-bond donors (Lipinski definition) is 0. The highest BCUT2D eigenvalue weighted by molar-refractivity contribution is 5.94. The van der Waals surface area contributed by atoms with Gasteiger partial charge in [0, 0.05) is 19.3 Å². The lowest BCUT2D eigenvalue weighted by molar-refractivity contribution is -0.144. The van der Waals surface area contributed by atoms with Crippen LogP contribution in [-0.2, 0) is 19.0 Å². The van der Waals surface area contributed by atoms with E-state index in [0.717, 1.165) is 0 Å². The summed E-state index contributed by atoms with van der Waals surface area (Å²) in [7, 11) is 2.68. The number of anilines is 1. The molecule has 1 aromatic heterocycles. The molecule has 0 bridgehead atoms. The third-order valence-corrected chi connectivity index (χ3v) is 3.25. The first kappa shape index (κ1) is 15.2. The molecular formula is C14H18N2O5. The quantitative estimate of drug-likeness (QED) is 0.754. The number of rotatable bonds is 4. The van der Waals surface area contributed by atoms with Gasteiger partial charge in [0.2, 0.25) is 0 Å². The summed E-state index contributed by atoms with van der Waals surface area (Å²) in [6, 6.07) is 3.35. The fourth-order valence-electron chi connectivity index (χ4n) is 2.22. The van der Waals surface area contributed by atoms with Crippen molar-refractivity contribution in [1.82, 2.24) is 4.98 Å². The molecule has 0 radical (unpaired) electrons. The lowest BCUT2D eigenvalue weighted by Crippen LogP contribution is -2.44. The first-order valence-electron chi connectivity index (χ1n) is 6.62. The van der Waals surface area contributed by atoms with Gasteiger partial charge in [-0.25, -0.2) is 9.78 Å². The average molecular weight is 294 g/mol. The Kier molecular flexibility index (Phi) is 5.10. The summed E-state index contributed by atoms with van der Waals surface area (Å²) in [6.07, 6.45) is 1.51. The number of morpholine rings is 1. The largest absolute Gasteiger partial charge is 0.469 e. The van der Waals surface area contributed by atoms with Crippen LogP contribution < -0.4 is 4.90 Å². The zero-order valence-electron chi connectivity index (χ0n) is 12.1. The molecule has 7 nitrogen and oxygen atoms in total. The van der Waals surface area contributed by atoms with Gasteiger partial charge in [-0.3, -0.25) is 4.79 Å². The Morgan fingerprint density at radius 3 is 2.95 bits per heavy atom. The van der Waals surface area contributed by atoms with Crippen molar-refractivity contribution >= 4 is 17.8 Å². The Morgan fingerprint density at radius 2 is 2.24 bits per heavy atom. The zero-order valence-corrected chi connectivity index (χ0v) is 12.1. The fraction of sp³-hybridized carbons (Fsp3) is 0.500. The maximum Gasteiger partial charge on any atom is 0.341 e. The molecule has 7 heteroatoms. The zero-order chi connectivity index (χ0) is 15.2. The SMILES string of the molecule is COC(=O)CC1CN(c2ncccc2C(=O)OC)CCO1. The molecule has 1 aliphatic heterocycles. The van der Waals surface area contributed by atoms with Crippen LogP contribution in [0.4, 0.5) is 5.82 Å². The number of aromatic nitrogens is 1. The van der Waals surface area contributed by atoms with Gasteiger partial charge in [-0.05, 0) is 12.1 Å². The number of methoxy groups -OCH3 is 2. The summed E-state index contributed by atoms with van der Waals surface area (Å²) in [5.74, 6) is -0.215. The van der Waals surface area contributed by atoms with Crippen molar-refractivity contribution in [2.75, 3.05) is 38.8 Å². The second kappa shape index (κ2) is 7.03. The van der Waals surface area contributed by atoms with E-state index in [9.17, 15) is 9.59 Å². The number of nitrogens with zero attached hydrogens (tertiary/aromatic N) is 2. The molecule has 0 amide bonds. The molecule has 1 saturated heterocycles. The van der Waals surface area contributed by atoms with Crippen LogP contribution in [0.25, 0.3) is 0 Å². The Labute approximate surface area is 122 Å². The number of hydrogen-bond acceptors (Lipinski definition) is 7. The maximum absolute atomic E-state index is 11.8. The number of esters is 2. The number of ether oxygens (including phenoxy) is 3. The highest BCUT2D eigenvalue weighted by Gasteiger charge is 2.26. The number of carbonyl (C=O) groups excluding carboxylic acids is 2. The van der Waals surface area contributed by atoms with Crippen molar-refractivity contribution in [3.05, 3.63) is 23.9 Å². The van der Waals surface area contributed by atoms with Gasteiger partial charge in [-0.1, -0.05) is 0 Å². The lowest BCUT2D eigenvalue weighted by Gasteiger charge is -2.33. The molecular weight excluding hydrogens is 276 g/mol. The third kappa shape index (κ3) is 3.69. The van der Waals surface area contributed by atoms with Crippen LogP contribution in [0.1, 0.15) is 16.8 Å². The first-order chi connectivity index (χ1) is 10.2. The molecule has 0 aromatic carbocycles. The second-order valence-electron chi connectivity index (χ2n) is 4.59. The summed E-state index contributed by atoms with van der Waals surface area (Å²) in [4.78, 5) is 29.3. The van der Waals surface area contributed by atoms with Crippen molar-refractivity contribution in [2.24, 2.45) is 0 Å². The van der Waals surface area contributed by atoms with Gasteiger partial charge >= 0.3 is 11.9 Å². The van der Waals surface area contributed by atoms with E-state index in [-0.39, 0.29) is 18.5 Å². The lowest BCUT2D eigenvalue weighted by atomic mass is 10.1. The second-order valence-corrected chi connectivity index (χ2v) is 4.59. The molecule has 0 spiro atoms. The standard InChI is InChI=1S/C14H18N2O5/c1-19-12(17)8-10-9-16(6-7-21-10)13-11(14(18)20-2)4-3-5-15-13/h3-5,10H,6-9H2,1-2H3. The van der Waals surface area contributed by atoms with E-state index in [0.29, 0.717) is 31.1 Å². The molecule has 21 heavy (non-hydrogen) atoms. The maximum atomic E-state index is 11.8. The Balaban J connectivity index is 2.14. The smallest absolute Gasteiger partial charge is 0.341 e. The van der Waals surface area contributed by atoms with Gasteiger partial charge in [-0.2, -0.15) is 0 Å². The van der Waals surface area contributed by atoms with Crippen LogP contribution >= 0.6 is 0 Å². The van der Waals surface area contributed by atoms with Crippen LogP contribution in [-0.4, -0.2) is 56.9 Å². The highest BCUT2D eigenvalue weighted by Crippen LogP contribution is 2.21. The Hall–Kier alpha value is -2.15. The topological polar surface area (TPSA) is 78.0 Å².